The van der Waals surface area contributed by atoms with Gasteiger partial charge in [-0.2, -0.15) is 0 Å². The van der Waals surface area contributed by atoms with E-state index in [2.05, 4.69) is 18.2 Å². The molecule has 1 amide bonds. The minimum Gasteiger partial charge on any atom is -0.443 e. The largest absolute Gasteiger partial charge is 0.443 e. The van der Waals surface area contributed by atoms with E-state index in [4.69, 9.17) is 4.74 Å². The van der Waals surface area contributed by atoms with Crippen LogP contribution in [0.4, 0.5) is 10.5 Å². The van der Waals surface area contributed by atoms with E-state index in [-0.39, 0.29) is 12.1 Å². The maximum atomic E-state index is 12.9. The first-order valence-corrected chi connectivity index (χ1v) is 8.11. The molecule has 0 aromatic heterocycles. The number of amides is 1. The number of ether oxygens (including phenoxy) is 1. The predicted octanol–water partition coefficient (Wildman–Crippen LogP) is 5.12. The Balaban J connectivity index is 2.02. The van der Waals surface area contributed by atoms with Crippen LogP contribution in [0, 0.1) is 0 Å². The van der Waals surface area contributed by atoms with E-state index in [1.807, 2.05) is 62.1 Å². The molecule has 120 valence electrons. The molecule has 23 heavy (non-hydrogen) atoms. The highest BCUT2D eigenvalue weighted by Crippen LogP contribution is 2.39. The van der Waals surface area contributed by atoms with E-state index in [0.717, 1.165) is 24.1 Å². The van der Waals surface area contributed by atoms with Gasteiger partial charge in [0.2, 0.25) is 0 Å². The summed E-state index contributed by atoms with van der Waals surface area (Å²) in [4.78, 5) is 14.7. The second-order valence-corrected chi connectivity index (χ2v) is 6.94. The molecule has 1 atom stereocenters. The number of anilines is 1. The molecule has 3 heteroatoms. The summed E-state index contributed by atoms with van der Waals surface area (Å²) in [7, 11) is 0. The fourth-order valence-electron chi connectivity index (χ4n) is 3.07. The maximum absolute atomic E-state index is 12.9. The first-order chi connectivity index (χ1) is 11.0. The van der Waals surface area contributed by atoms with Gasteiger partial charge >= 0.3 is 6.09 Å². The minimum atomic E-state index is -0.509. The van der Waals surface area contributed by atoms with Crippen LogP contribution < -0.4 is 4.90 Å². The molecule has 0 N–H and O–H groups in total. The highest BCUT2D eigenvalue weighted by atomic mass is 16.6. The van der Waals surface area contributed by atoms with Crippen molar-refractivity contribution in [2.24, 2.45) is 0 Å². The molecule has 1 aliphatic rings. The number of aryl methyl sites for hydroxylation is 1. The first kappa shape index (κ1) is 15.6. The Labute approximate surface area is 137 Å². The fraction of sp³-hybridized carbons (Fsp3) is 0.350. The molecule has 3 nitrogen and oxygen atoms in total. The highest BCUT2D eigenvalue weighted by Gasteiger charge is 2.34. The van der Waals surface area contributed by atoms with Crippen LogP contribution in [0.15, 0.2) is 54.6 Å². The van der Waals surface area contributed by atoms with Crippen molar-refractivity contribution in [3.8, 4) is 0 Å². The molecular weight excluding hydrogens is 286 g/mol. The molecule has 2 aromatic carbocycles. The molecule has 0 spiro atoms. The monoisotopic (exact) mass is 309 g/mol. The van der Waals surface area contributed by atoms with Gasteiger partial charge in [-0.15, -0.1) is 0 Å². The zero-order valence-electron chi connectivity index (χ0n) is 14.0. The molecule has 0 bridgehead atoms. The van der Waals surface area contributed by atoms with Crippen LogP contribution in [0.5, 0.6) is 0 Å². The second-order valence-electron chi connectivity index (χ2n) is 6.94. The van der Waals surface area contributed by atoms with Crippen LogP contribution in [0.1, 0.15) is 44.4 Å². The van der Waals surface area contributed by atoms with Gasteiger partial charge in [0, 0.05) is 0 Å². The number of nitrogens with zero attached hydrogens (tertiary/aromatic N) is 1. The van der Waals surface area contributed by atoms with Crippen LogP contribution in [0.3, 0.4) is 0 Å². The van der Waals surface area contributed by atoms with Crippen LogP contribution >= 0.6 is 0 Å². The van der Waals surface area contributed by atoms with E-state index < -0.39 is 5.60 Å². The molecular formula is C20H23NO2. The summed E-state index contributed by atoms with van der Waals surface area (Å²) in [5.41, 5.74) is 2.80. The van der Waals surface area contributed by atoms with Crippen molar-refractivity contribution in [1.82, 2.24) is 0 Å². The molecule has 3 rings (SSSR count). The molecule has 0 radical (unpaired) electrons. The number of hydrogen-bond donors (Lipinski definition) is 0. The summed E-state index contributed by atoms with van der Waals surface area (Å²) in [5.74, 6) is 0. The van der Waals surface area contributed by atoms with E-state index >= 15 is 0 Å². The molecule has 0 fully saturated rings. The third-order valence-corrected chi connectivity index (χ3v) is 4.02. The molecule has 1 unspecified atom stereocenters. The summed E-state index contributed by atoms with van der Waals surface area (Å²) in [6, 6.07) is 18.3. The van der Waals surface area contributed by atoms with E-state index in [9.17, 15) is 4.79 Å². The average molecular weight is 309 g/mol. The Morgan fingerprint density at radius 2 is 1.70 bits per heavy atom. The van der Waals surface area contributed by atoms with Gasteiger partial charge in [0.25, 0.3) is 0 Å². The van der Waals surface area contributed by atoms with E-state index in [1.54, 1.807) is 0 Å². The third kappa shape index (κ3) is 3.39. The lowest BCUT2D eigenvalue weighted by Gasteiger charge is -2.38. The Morgan fingerprint density at radius 3 is 2.39 bits per heavy atom. The van der Waals surface area contributed by atoms with Gasteiger partial charge in [-0.3, -0.25) is 4.90 Å². The lowest BCUT2D eigenvalue weighted by molar-refractivity contribution is 0.0560. The Bertz CT molecular complexity index is 688. The number of rotatable bonds is 1. The van der Waals surface area contributed by atoms with Crippen molar-refractivity contribution in [3.63, 3.8) is 0 Å². The first-order valence-electron chi connectivity index (χ1n) is 8.11. The van der Waals surface area contributed by atoms with E-state index in [1.165, 1.54) is 5.56 Å². The second kappa shape index (κ2) is 6.07. The van der Waals surface area contributed by atoms with Gasteiger partial charge in [0.1, 0.15) is 5.60 Å². The summed E-state index contributed by atoms with van der Waals surface area (Å²) in [5, 5.41) is 0. The van der Waals surface area contributed by atoms with Gasteiger partial charge in [-0.25, -0.2) is 4.79 Å². The van der Waals surface area contributed by atoms with Crippen molar-refractivity contribution in [3.05, 3.63) is 65.7 Å². The van der Waals surface area contributed by atoms with Crippen molar-refractivity contribution in [2.45, 2.75) is 45.3 Å². The number of benzene rings is 2. The molecule has 1 aliphatic heterocycles. The normalized spacial score (nSPS) is 17.5. The zero-order chi connectivity index (χ0) is 16.4. The molecule has 0 aliphatic carbocycles. The Hall–Kier alpha value is -2.29. The summed E-state index contributed by atoms with van der Waals surface area (Å²) in [6.07, 6.45) is 1.59. The van der Waals surface area contributed by atoms with Crippen LogP contribution in [0.2, 0.25) is 0 Å². The quantitative estimate of drug-likeness (QED) is 0.732. The van der Waals surface area contributed by atoms with Crippen molar-refractivity contribution >= 4 is 11.8 Å². The van der Waals surface area contributed by atoms with Crippen molar-refractivity contribution in [1.29, 1.82) is 0 Å². The van der Waals surface area contributed by atoms with Gasteiger partial charge in [0.05, 0.1) is 11.7 Å². The third-order valence-electron chi connectivity index (χ3n) is 4.02. The minimum absolute atomic E-state index is 0.0148. The highest BCUT2D eigenvalue weighted by molar-refractivity contribution is 5.90. The lowest BCUT2D eigenvalue weighted by atomic mass is 9.91. The Morgan fingerprint density at radius 1 is 1.04 bits per heavy atom. The van der Waals surface area contributed by atoms with Gasteiger partial charge < -0.3 is 4.74 Å². The summed E-state index contributed by atoms with van der Waals surface area (Å²) >= 11 is 0. The lowest BCUT2D eigenvalue weighted by Crippen LogP contribution is -2.41. The standard InChI is InChI=1S/C20H23NO2/c1-20(2,3)23-19(22)21-17-12-8-7-11-16(17)13-14-18(21)15-9-5-4-6-10-15/h4-12,18H,13-14H2,1-3H3. The van der Waals surface area contributed by atoms with E-state index in [0.29, 0.717) is 0 Å². The summed E-state index contributed by atoms with van der Waals surface area (Å²) < 4.78 is 5.67. The SMILES string of the molecule is CC(C)(C)OC(=O)N1c2ccccc2CCC1c1ccccc1. The number of fused-ring (bicyclic) bond motifs is 1. The Kier molecular flexibility index (Phi) is 4.12. The smallest absolute Gasteiger partial charge is 0.415 e. The van der Waals surface area contributed by atoms with Gasteiger partial charge in [-0.1, -0.05) is 48.5 Å². The van der Waals surface area contributed by atoms with Crippen LogP contribution in [-0.2, 0) is 11.2 Å². The van der Waals surface area contributed by atoms with Gasteiger partial charge in [-0.05, 0) is 50.8 Å². The number of carbonyl (C=O) groups is 1. The fourth-order valence-corrected chi connectivity index (χ4v) is 3.07. The van der Waals surface area contributed by atoms with Crippen LogP contribution in [0.25, 0.3) is 0 Å². The average Bonchev–Trinajstić information content (AvgIpc) is 2.53. The van der Waals surface area contributed by atoms with Gasteiger partial charge in [0.15, 0.2) is 0 Å². The number of para-hydroxylation sites is 1. The topological polar surface area (TPSA) is 29.5 Å². The van der Waals surface area contributed by atoms with Crippen LogP contribution in [-0.4, -0.2) is 11.7 Å². The molecule has 0 saturated heterocycles. The molecule has 0 saturated carbocycles. The number of carbonyl (C=O) groups excluding carboxylic acids is 1. The van der Waals surface area contributed by atoms with Crippen molar-refractivity contribution in [2.75, 3.05) is 4.90 Å². The number of hydrogen-bond acceptors (Lipinski definition) is 2. The predicted molar refractivity (Wildman–Crippen MR) is 92.7 cm³/mol. The maximum Gasteiger partial charge on any atom is 0.415 e. The zero-order valence-corrected chi connectivity index (χ0v) is 14.0. The molecule has 2 aromatic rings. The van der Waals surface area contributed by atoms with Crippen molar-refractivity contribution < 1.29 is 9.53 Å². The summed E-state index contributed by atoms with van der Waals surface area (Å²) in [6.45, 7) is 5.70. The molecule has 1 heterocycles.